The summed E-state index contributed by atoms with van der Waals surface area (Å²) in [5.41, 5.74) is 0. The molecule has 1 saturated heterocycles. The molecule has 0 bridgehead atoms. The number of piperazine rings is 1. The topological polar surface area (TPSA) is 70.1 Å². The first-order valence-electron chi connectivity index (χ1n) is 8.79. The number of benzene rings is 2. The SMILES string of the molecule is O=S(=O)(c1ccccc1)N1CCN(CC(O)COc2ccc(F)cc2)CC1. The Morgan fingerprint density at radius 2 is 1.63 bits per heavy atom. The highest BCUT2D eigenvalue weighted by Crippen LogP contribution is 2.17. The van der Waals surface area contributed by atoms with Gasteiger partial charge in [0, 0.05) is 32.7 Å². The predicted octanol–water partition coefficient (Wildman–Crippen LogP) is 1.57. The number of ether oxygens (including phenoxy) is 1. The van der Waals surface area contributed by atoms with Gasteiger partial charge in [0.25, 0.3) is 0 Å². The van der Waals surface area contributed by atoms with Crippen LogP contribution in [0.5, 0.6) is 5.75 Å². The van der Waals surface area contributed by atoms with Crippen LogP contribution in [0.25, 0.3) is 0 Å². The summed E-state index contributed by atoms with van der Waals surface area (Å²) in [6.45, 7) is 2.32. The fourth-order valence-electron chi connectivity index (χ4n) is 2.97. The molecule has 1 aliphatic rings. The van der Waals surface area contributed by atoms with E-state index in [4.69, 9.17) is 4.74 Å². The summed E-state index contributed by atoms with van der Waals surface area (Å²) >= 11 is 0. The van der Waals surface area contributed by atoms with Crippen LogP contribution >= 0.6 is 0 Å². The van der Waals surface area contributed by atoms with E-state index in [-0.39, 0.29) is 12.4 Å². The largest absolute Gasteiger partial charge is 0.491 e. The van der Waals surface area contributed by atoms with E-state index in [0.29, 0.717) is 43.4 Å². The molecule has 0 aliphatic carbocycles. The summed E-state index contributed by atoms with van der Waals surface area (Å²) in [6.07, 6.45) is -0.715. The molecular weight excluding hydrogens is 371 g/mol. The summed E-state index contributed by atoms with van der Waals surface area (Å²) in [5, 5.41) is 10.1. The second-order valence-corrected chi connectivity index (χ2v) is 8.37. The molecule has 0 radical (unpaired) electrons. The molecule has 1 N–H and O–H groups in total. The summed E-state index contributed by atoms with van der Waals surface area (Å²) in [6, 6.07) is 14.0. The molecule has 1 fully saturated rings. The van der Waals surface area contributed by atoms with Crippen molar-refractivity contribution in [2.45, 2.75) is 11.0 Å². The lowest BCUT2D eigenvalue weighted by Crippen LogP contribution is -2.50. The van der Waals surface area contributed by atoms with Crippen LogP contribution in [0.15, 0.2) is 59.5 Å². The maximum absolute atomic E-state index is 12.9. The van der Waals surface area contributed by atoms with Gasteiger partial charge in [-0.3, -0.25) is 4.90 Å². The number of hydrogen-bond acceptors (Lipinski definition) is 5. The molecule has 3 rings (SSSR count). The number of sulfonamides is 1. The zero-order valence-electron chi connectivity index (χ0n) is 14.9. The zero-order valence-corrected chi connectivity index (χ0v) is 15.7. The molecular formula is C19H23FN2O4S. The van der Waals surface area contributed by atoms with Crippen molar-refractivity contribution in [2.75, 3.05) is 39.3 Å². The molecule has 2 aromatic rings. The molecule has 0 saturated carbocycles. The summed E-state index contributed by atoms with van der Waals surface area (Å²) in [7, 11) is -3.47. The van der Waals surface area contributed by atoms with Gasteiger partial charge in [-0.2, -0.15) is 4.31 Å². The van der Waals surface area contributed by atoms with E-state index >= 15 is 0 Å². The Balaban J connectivity index is 1.45. The second kappa shape index (κ2) is 8.79. The third-order valence-electron chi connectivity index (χ3n) is 4.44. The van der Waals surface area contributed by atoms with Gasteiger partial charge in [0.15, 0.2) is 0 Å². The van der Waals surface area contributed by atoms with E-state index < -0.39 is 16.1 Å². The molecule has 1 atom stereocenters. The van der Waals surface area contributed by atoms with Crippen molar-refractivity contribution in [3.8, 4) is 5.75 Å². The van der Waals surface area contributed by atoms with Crippen LogP contribution in [0, 0.1) is 5.82 Å². The van der Waals surface area contributed by atoms with Gasteiger partial charge in [0.1, 0.15) is 24.3 Å². The minimum atomic E-state index is -3.47. The minimum Gasteiger partial charge on any atom is -0.491 e. The predicted molar refractivity (Wildman–Crippen MR) is 99.5 cm³/mol. The molecule has 1 aliphatic heterocycles. The summed E-state index contributed by atoms with van der Waals surface area (Å²) in [4.78, 5) is 2.31. The van der Waals surface area contributed by atoms with Gasteiger partial charge in [-0.15, -0.1) is 0 Å². The third kappa shape index (κ3) is 5.26. The maximum atomic E-state index is 12.9. The van der Waals surface area contributed by atoms with Gasteiger partial charge in [-0.25, -0.2) is 12.8 Å². The standard InChI is InChI=1S/C19H23FN2O4S/c20-16-6-8-18(9-7-16)26-15-17(23)14-21-10-12-22(13-11-21)27(24,25)19-4-2-1-3-5-19/h1-9,17,23H,10-15H2. The van der Waals surface area contributed by atoms with Crippen LogP contribution in [0.2, 0.25) is 0 Å². The second-order valence-electron chi connectivity index (χ2n) is 6.44. The maximum Gasteiger partial charge on any atom is 0.243 e. The quantitative estimate of drug-likeness (QED) is 0.772. The molecule has 0 aromatic heterocycles. The number of hydrogen-bond donors (Lipinski definition) is 1. The number of β-amino-alcohol motifs (C(OH)–C–C–N with tert-alkyl or cyclic N) is 1. The van der Waals surface area contributed by atoms with Crippen molar-refractivity contribution in [1.82, 2.24) is 9.21 Å². The van der Waals surface area contributed by atoms with E-state index in [1.54, 1.807) is 30.3 Å². The molecule has 146 valence electrons. The highest BCUT2D eigenvalue weighted by molar-refractivity contribution is 7.89. The van der Waals surface area contributed by atoms with Gasteiger partial charge in [-0.1, -0.05) is 18.2 Å². The fraction of sp³-hybridized carbons (Fsp3) is 0.368. The van der Waals surface area contributed by atoms with Crippen LogP contribution in [-0.2, 0) is 10.0 Å². The first-order valence-corrected chi connectivity index (χ1v) is 10.2. The lowest BCUT2D eigenvalue weighted by molar-refractivity contribution is 0.0569. The van der Waals surface area contributed by atoms with E-state index in [2.05, 4.69) is 0 Å². The fourth-order valence-corrected chi connectivity index (χ4v) is 4.41. The van der Waals surface area contributed by atoms with Crippen molar-refractivity contribution in [2.24, 2.45) is 0 Å². The number of rotatable bonds is 7. The minimum absolute atomic E-state index is 0.0914. The lowest BCUT2D eigenvalue weighted by Gasteiger charge is -2.34. The van der Waals surface area contributed by atoms with Crippen LogP contribution in [-0.4, -0.2) is 68.2 Å². The van der Waals surface area contributed by atoms with Gasteiger partial charge >= 0.3 is 0 Å². The average molecular weight is 394 g/mol. The van der Waals surface area contributed by atoms with E-state index in [0.717, 1.165) is 0 Å². The van der Waals surface area contributed by atoms with Gasteiger partial charge in [-0.05, 0) is 36.4 Å². The van der Waals surface area contributed by atoms with Crippen molar-refractivity contribution < 1.29 is 22.7 Å². The van der Waals surface area contributed by atoms with Crippen molar-refractivity contribution >= 4 is 10.0 Å². The van der Waals surface area contributed by atoms with E-state index in [1.165, 1.54) is 28.6 Å². The highest BCUT2D eigenvalue weighted by Gasteiger charge is 2.28. The smallest absolute Gasteiger partial charge is 0.243 e. The summed E-state index contributed by atoms with van der Waals surface area (Å²) in [5.74, 6) is 0.153. The first kappa shape index (κ1) is 19.8. The molecule has 0 spiro atoms. The molecule has 6 nitrogen and oxygen atoms in total. The Morgan fingerprint density at radius 3 is 2.26 bits per heavy atom. The first-order chi connectivity index (χ1) is 12.9. The van der Waals surface area contributed by atoms with Gasteiger partial charge in [0.2, 0.25) is 10.0 Å². The Labute approximate surface area is 158 Å². The molecule has 8 heteroatoms. The Morgan fingerprint density at radius 1 is 1.00 bits per heavy atom. The normalized spacial score (nSPS) is 17.6. The number of aliphatic hydroxyl groups excluding tert-OH is 1. The van der Waals surface area contributed by atoms with Crippen LogP contribution in [0.4, 0.5) is 4.39 Å². The van der Waals surface area contributed by atoms with Gasteiger partial charge in [0.05, 0.1) is 4.90 Å². The lowest BCUT2D eigenvalue weighted by atomic mass is 10.3. The Kier molecular flexibility index (Phi) is 6.43. The molecule has 27 heavy (non-hydrogen) atoms. The van der Waals surface area contributed by atoms with Crippen molar-refractivity contribution in [3.63, 3.8) is 0 Å². The zero-order chi connectivity index (χ0) is 19.3. The van der Waals surface area contributed by atoms with E-state index in [1.807, 2.05) is 4.90 Å². The molecule has 2 aromatic carbocycles. The van der Waals surface area contributed by atoms with Gasteiger partial charge < -0.3 is 9.84 Å². The summed E-state index contributed by atoms with van der Waals surface area (Å²) < 4.78 is 45.0. The third-order valence-corrected chi connectivity index (χ3v) is 6.35. The van der Waals surface area contributed by atoms with Crippen LogP contribution < -0.4 is 4.74 Å². The highest BCUT2D eigenvalue weighted by atomic mass is 32.2. The Bertz CT molecular complexity index is 823. The monoisotopic (exact) mass is 394 g/mol. The van der Waals surface area contributed by atoms with Crippen molar-refractivity contribution in [1.29, 1.82) is 0 Å². The number of aliphatic hydroxyl groups is 1. The molecule has 1 heterocycles. The molecule has 0 amide bonds. The van der Waals surface area contributed by atoms with E-state index in [9.17, 15) is 17.9 Å². The average Bonchev–Trinajstić information content (AvgIpc) is 2.69. The van der Waals surface area contributed by atoms with Crippen molar-refractivity contribution in [3.05, 3.63) is 60.4 Å². The molecule has 1 unspecified atom stereocenters. The number of nitrogens with zero attached hydrogens (tertiary/aromatic N) is 2. The van der Waals surface area contributed by atoms with Crippen LogP contribution in [0.1, 0.15) is 0 Å². The van der Waals surface area contributed by atoms with Crippen LogP contribution in [0.3, 0.4) is 0 Å². The Hall–Kier alpha value is -2.00. The number of halogens is 1.